The Morgan fingerprint density at radius 3 is 2.09 bits per heavy atom. The first-order valence-electron chi connectivity index (χ1n) is 12.8. The van der Waals surface area contributed by atoms with Gasteiger partial charge in [-0.2, -0.15) is 0 Å². The largest absolute Gasteiger partial charge is 0.385 e. The summed E-state index contributed by atoms with van der Waals surface area (Å²) in [5, 5.41) is 11.6. The van der Waals surface area contributed by atoms with Crippen molar-refractivity contribution in [1.82, 2.24) is 0 Å². The van der Waals surface area contributed by atoms with Crippen molar-refractivity contribution in [2.75, 3.05) is 0 Å². The minimum absolute atomic E-state index is 0.505. The van der Waals surface area contributed by atoms with Gasteiger partial charge < -0.3 is 5.11 Å². The molecule has 1 aliphatic rings. The lowest BCUT2D eigenvalue weighted by Crippen LogP contribution is -2.31. The fourth-order valence-corrected chi connectivity index (χ4v) is 5.37. The Morgan fingerprint density at radius 1 is 0.794 bits per heavy atom. The zero-order chi connectivity index (χ0) is 24.1. The van der Waals surface area contributed by atoms with Crippen molar-refractivity contribution in [3.8, 4) is 22.3 Å². The van der Waals surface area contributed by atoms with Crippen LogP contribution in [0.5, 0.6) is 0 Å². The SMILES string of the molecule is CCCCCC1CCC(O)(c2ccc(-c3cc(F)cc(F)c3)c(-c3ccc(CC)cc3)c2)CC1. The van der Waals surface area contributed by atoms with Crippen LogP contribution in [0.1, 0.15) is 76.3 Å². The predicted molar refractivity (Wildman–Crippen MR) is 137 cm³/mol. The molecule has 1 aliphatic carbocycles. The number of aliphatic hydroxyl groups is 1. The van der Waals surface area contributed by atoms with E-state index in [0.29, 0.717) is 11.5 Å². The molecular formula is C31H36F2O. The Hall–Kier alpha value is -2.52. The fourth-order valence-electron chi connectivity index (χ4n) is 5.37. The molecule has 0 atom stereocenters. The molecule has 0 spiro atoms. The van der Waals surface area contributed by atoms with E-state index in [1.165, 1.54) is 43.4 Å². The second-order valence-electron chi connectivity index (χ2n) is 9.94. The lowest BCUT2D eigenvalue weighted by atomic mass is 9.73. The Balaban J connectivity index is 1.69. The summed E-state index contributed by atoms with van der Waals surface area (Å²) in [5.74, 6) is -0.486. The van der Waals surface area contributed by atoms with E-state index in [-0.39, 0.29) is 0 Å². The Labute approximate surface area is 202 Å². The monoisotopic (exact) mass is 462 g/mol. The van der Waals surface area contributed by atoms with Crippen LogP contribution in [0.4, 0.5) is 8.78 Å². The molecule has 0 radical (unpaired) electrons. The van der Waals surface area contributed by atoms with Gasteiger partial charge in [-0.3, -0.25) is 0 Å². The van der Waals surface area contributed by atoms with Gasteiger partial charge in [0.05, 0.1) is 5.60 Å². The van der Waals surface area contributed by atoms with Crippen molar-refractivity contribution >= 4 is 0 Å². The number of hydrogen-bond donors (Lipinski definition) is 1. The standard InChI is InChI=1S/C31H36F2O/c1-3-5-6-7-23-14-16-31(34,17-15-23)26-12-13-29(25-18-27(32)21-28(33)19-25)30(20-26)24-10-8-22(4-2)9-11-24/h8-13,18-21,23,34H,3-7,14-17H2,1-2H3. The topological polar surface area (TPSA) is 20.2 Å². The highest BCUT2D eigenvalue weighted by atomic mass is 19.1. The normalized spacial score (nSPS) is 20.4. The molecule has 0 aliphatic heterocycles. The van der Waals surface area contributed by atoms with Gasteiger partial charge in [0.15, 0.2) is 0 Å². The van der Waals surface area contributed by atoms with Crippen LogP contribution in [0.2, 0.25) is 0 Å². The average Bonchev–Trinajstić information content (AvgIpc) is 2.84. The van der Waals surface area contributed by atoms with Crippen molar-refractivity contribution in [3.05, 3.63) is 83.4 Å². The van der Waals surface area contributed by atoms with E-state index in [9.17, 15) is 13.9 Å². The third kappa shape index (κ3) is 5.58. The van der Waals surface area contributed by atoms with Crippen LogP contribution >= 0.6 is 0 Å². The second-order valence-corrected chi connectivity index (χ2v) is 9.94. The van der Waals surface area contributed by atoms with Gasteiger partial charge in [0, 0.05) is 6.07 Å². The molecule has 3 heteroatoms. The van der Waals surface area contributed by atoms with Gasteiger partial charge in [0.1, 0.15) is 11.6 Å². The first kappa shape index (κ1) is 24.6. The lowest BCUT2D eigenvalue weighted by Gasteiger charge is -2.37. The molecule has 0 unspecified atom stereocenters. The molecule has 1 nitrogen and oxygen atoms in total. The highest BCUT2D eigenvalue weighted by molar-refractivity contribution is 5.84. The number of hydrogen-bond acceptors (Lipinski definition) is 1. The van der Waals surface area contributed by atoms with E-state index in [1.807, 2.05) is 18.2 Å². The smallest absolute Gasteiger partial charge is 0.126 e. The quantitative estimate of drug-likeness (QED) is 0.332. The minimum Gasteiger partial charge on any atom is -0.385 e. The second kappa shape index (κ2) is 10.8. The predicted octanol–water partition coefficient (Wildman–Crippen LogP) is 8.82. The highest BCUT2D eigenvalue weighted by Gasteiger charge is 2.35. The third-order valence-corrected chi connectivity index (χ3v) is 7.55. The lowest BCUT2D eigenvalue weighted by molar-refractivity contribution is -0.0153. The average molecular weight is 463 g/mol. The summed E-state index contributed by atoms with van der Waals surface area (Å²) in [6.07, 6.45) is 9.58. The van der Waals surface area contributed by atoms with E-state index in [1.54, 1.807) is 0 Å². The Morgan fingerprint density at radius 2 is 1.47 bits per heavy atom. The zero-order valence-corrected chi connectivity index (χ0v) is 20.4. The summed E-state index contributed by atoms with van der Waals surface area (Å²) in [5.41, 5.74) is 4.42. The number of benzene rings is 3. The van der Waals surface area contributed by atoms with Crippen LogP contribution in [0, 0.1) is 17.6 Å². The summed E-state index contributed by atoms with van der Waals surface area (Å²) in [7, 11) is 0. The molecule has 0 aromatic heterocycles. The number of halogens is 2. The molecule has 34 heavy (non-hydrogen) atoms. The van der Waals surface area contributed by atoms with Crippen molar-refractivity contribution in [2.24, 2.45) is 5.92 Å². The fraction of sp³-hybridized carbons (Fsp3) is 0.419. The van der Waals surface area contributed by atoms with Gasteiger partial charge in [-0.15, -0.1) is 0 Å². The van der Waals surface area contributed by atoms with E-state index in [4.69, 9.17) is 0 Å². The highest BCUT2D eigenvalue weighted by Crippen LogP contribution is 2.44. The van der Waals surface area contributed by atoms with Gasteiger partial charge in [-0.05, 0) is 89.6 Å². The van der Waals surface area contributed by atoms with Crippen LogP contribution in [0.25, 0.3) is 22.3 Å². The van der Waals surface area contributed by atoms with Gasteiger partial charge in [-0.1, -0.05) is 75.9 Å². The summed E-state index contributed by atoms with van der Waals surface area (Å²) in [6, 6.07) is 17.8. The molecule has 4 rings (SSSR count). The van der Waals surface area contributed by atoms with Crippen LogP contribution in [0.3, 0.4) is 0 Å². The molecule has 0 saturated heterocycles. The molecule has 0 heterocycles. The van der Waals surface area contributed by atoms with E-state index < -0.39 is 17.2 Å². The number of unbranched alkanes of at least 4 members (excludes halogenated alkanes) is 2. The minimum atomic E-state index is -0.856. The summed E-state index contributed by atoms with van der Waals surface area (Å²) >= 11 is 0. The first-order valence-corrected chi connectivity index (χ1v) is 12.8. The van der Waals surface area contributed by atoms with Crippen molar-refractivity contribution in [1.29, 1.82) is 0 Å². The van der Waals surface area contributed by atoms with Gasteiger partial charge in [-0.25, -0.2) is 8.78 Å². The molecule has 0 bridgehead atoms. The summed E-state index contributed by atoms with van der Waals surface area (Å²) in [6.45, 7) is 4.35. The molecule has 3 aromatic carbocycles. The molecule has 1 saturated carbocycles. The van der Waals surface area contributed by atoms with Gasteiger partial charge >= 0.3 is 0 Å². The van der Waals surface area contributed by atoms with Crippen LogP contribution in [-0.4, -0.2) is 5.11 Å². The van der Waals surface area contributed by atoms with Crippen LogP contribution in [0.15, 0.2) is 60.7 Å². The number of aryl methyl sites for hydroxylation is 1. The van der Waals surface area contributed by atoms with E-state index in [2.05, 4.69) is 38.1 Å². The molecule has 3 aromatic rings. The third-order valence-electron chi connectivity index (χ3n) is 7.55. The van der Waals surface area contributed by atoms with Gasteiger partial charge in [0.25, 0.3) is 0 Å². The Bertz CT molecular complexity index is 1070. The maximum Gasteiger partial charge on any atom is 0.126 e. The van der Waals surface area contributed by atoms with Crippen LogP contribution < -0.4 is 0 Å². The van der Waals surface area contributed by atoms with Crippen molar-refractivity contribution in [2.45, 2.75) is 77.2 Å². The number of rotatable bonds is 8. The molecular weight excluding hydrogens is 426 g/mol. The van der Waals surface area contributed by atoms with E-state index in [0.717, 1.165) is 60.4 Å². The molecule has 0 amide bonds. The summed E-state index contributed by atoms with van der Waals surface area (Å²) < 4.78 is 28.1. The molecule has 1 fully saturated rings. The van der Waals surface area contributed by atoms with Crippen molar-refractivity contribution < 1.29 is 13.9 Å². The van der Waals surface area contributed by atoms with E-state index >= 15 is 0 Å². The maximum atomic E-state index is 14.0. The maximum absolute atomic E-state index is 14.0. The first-order chi connectivity index (χ1) is 16.4. The van der Waals surface area contributed by atoms with Crippen molar-refractivity contribution in [3.63, 3.8) is 0 Å². The van der Waals surface area contributed by atoms with Crippen LogP contribution in [-0.2, 0) is 12.0 Å². The summed E-state index contributed by atoms with van der Waals surface area (Å²) in [4.78, 5) is 0. The Kier molecular flexibility index (Phi) is 7.83. The molecule has 1 N–H and O–H groups in total. The van der Waals surface area contributed by atoms with Gasteiger partial charge in [0.2, 0.25) is 0 Å². The zero-order valence-electron chi connectivity index (χ0n) is 20.4. The molecule has 180 valence electrons.